The van der Waals surface area contributed by atoms with Crippen molar-refractivity contribution in [3.8, 4) is 0 Å². The van der Waals surface area contributed by atoms with Gasteiger partial charge < -0.3 is 5.32 Å². The third-order valence-electron chi connectivity index (χ3n) is 4.01. The van der Waals surface area contributed by atoms with E-state index in [0.29, 0.717) is 6.04 Å². The molecule has 1 N–H and O–H groups in total. The highest BCUT2D eigenvalue weighted by atomic mass is 15.3. The Hall–Kier alpha value is -0.900. The van der Waals surface area contributed by atoms with Gasteiger partial charge in [-0.2, -0.15) is 5.10 Å². The molecule has 1 fully saturated rings. The third kappa shape index (κ3) is 3.31. The average Bonchev–Trinajstić information content (AvgIpc) is 2.65. The fourth-order valence-corrected chi connectivity index (χ4v) is 3.00. The van der Waals surface area contributed by atoms with E-state index in [1.807, 2.05) is 11.7 Å². The molecule has 0 aromatic carbocycles. The molecule has 102 valence electrons. The first kappa shape index (κ1) is 13.5. The van der Waals surface area contributed by atoms with Gasteiger partial charge in [-0.1, -0.05) is 32.6 Å². The van der Waals surface area contributed by atoms with Gasteiger partial charge >= 0.3 is 0 Å². The quantitative estimate of drug-likeness (QED) is 0.817. The molecule has 1 unspecified atom stereocenters. The van der Waals surface area contributed by atoms with Crippen LogP contribution in [0.2, 0.25) is 0 Å². The van der Waals surface area contributed by atoms with Gasteiger partial charge in [0, 0.05) is 7.05 Å². The first-order valence-corrected chi connectivity index (χ1v) is 7.40. The summed E-state index contributed by atoms with van der Waals surface area (Å²) in [6, 6.07) is 0.385. The molecule has 1 aliphatic rings. The van der Waals surface area contributed by atoms with E-state index in [-0.39, 0.29) is 0 Å². The first-order chi connectivity index (χ1) is 8.83. The van der Waals surface area contributed by atoms with Gasteiger partial charge in [0.25, 0.3) is 0 Å². The van der Waals surface area contributed by atoms with Crippen molar-refractivity contribution in [2.24, 2.45) is 13.0 Å². The molecule has 0 bridgehead atoms. The van der Waals surface area contributed by atoms with Crippen LogP contribution in [0.5, 0.6) is 0 Å². The molecule has 1 atom stereocenters. The first-order valence-electron chi connectivity index (χ1n) is 7.40. The number of nitrogens with zero attached hydrogens (tertiary/aromatic N) is 3. The molecule has 1 aromatic heterocycles. The molecule has 18 heavy (non-hydrogen) atoms. The van der Waals surface area contributed by atoms with E-state index >= 15 is 0 Å². The maximum Gasteiger partial charge on any atom is 0.143 e. The van der Waals surface area contributed by atoms with Crippen molar-refractivity contribution in [1.29, 1.82) is 0 Å². The van der Waals surface area contributed by atoms with E-state index in [2.05, 4.69) is 22.3 Å². The van der Waals surface area contributed by atoms with Crippen LogP contribution in [-0.4, -0.2) is 21.3 Å². The van der Waals surface area contributed by atoms with Gasteiger partial charge in [0.1, 0.15) is 12.2 Å². The summed E-state index contributed by atoms with van der Waals surface area (Å²) in [4.78, 5) is 4.46. The lowest BCUT2D eigenvalue weighted by Gasteiger charge is -2.26. The average molecular weight is 250 g/mol. The maximum atomic E-state index is 4.46. The zero-order valence-corrected chi connectivity index (χ0v) is 11.7. The van der Waals surface area contributed by atoms with Gasteiger partial charge in [-0.25, -0.2) is 4.98 Å². The molecular formula is C14H26N4. The summed E-state index contributed by atoms with van der Waals surface area (Å²) in [5, 5.41) is 7.92. The molecule has 1 aromatic rings. The number of aryl methyl sites for hydroxylation is 1. The summed E-state index contributed by atoms with van der Waals surface area (Å²) in [6.45, 7) is 3.28. The Morgan fingerprint density at radius 1 is 1.33 bits per heavy atom. The van der Waals surface area contributed by atoms with Gasteiger partial charge in [-0.15, -0.1) is 0 Å². The molecule has 0 radical (unpaired) electrons. The van der Waals surface area contributed by atoms with Gasteiger partial charge in [0.15, 0.2) is 0 Å². The van der Waals surface area contributed by atoms with Crippen LogP contribution >= 0.6 is 0 Å². The molecule has 0 amide bonds. The Labute approximate surface area is 110 Å². The number of hydrogen-bond donors (Lipinski definition) is 1. The largest absolute Gasteiger partial charge is 0.307 e. The molecule has 4 nitrogen and oxygen atoms in total. The Kier molecular flexibility index (Phi) is 5.17. The lowest BCUT2D eigenvalue weighted by Crippen LogP contribution is -2.31. The predicted octanol–water partition coefficient (Wildman–Crippen LogP) is 2.83. The monoisotopic (exact) mass is 250 g/mol. The third-order valence-corrected chi connectivity index (χ3v) is 4.01. The fourth-order valence-electron chi connectivity index (χ4n) is 3.00. The van der Waals surface area contributed by atoms with E-state index in [1.54, 1.807) is 6.33 Å². The van der Waals surface area contributed by atoms with E-state index in [1.165, 1.54) is 44.9 Å². The fraction of sp³-hybridized carbons (Fsp3) is 0.857. The van der Waals surface area contributed by atoms with Crippen molar-refractivity contribution < 1.29 is 0 Å². The van der Waals surface area contributed by atoms with Crippen LogP contribution in [0.15, 0.2) is 6.33 Å². The highest BCUT2D eigenvalue weighted by molar-refractivity contribution is 4.97. The van der Waals surface area contributed by atoms with Gasteiger partial charge in [0.05, 0.1) is 6.04 Å². The Morgan fingerprint density at radius 2 is 2.06 bits per heavy atom. The Bertz CT molecular complexity index is 339. The minimum atomic E-state index is 0.385. The lowest BCUT2D eigenvalue weighted by atomic mass is 9.91. The number of nitrogens with one attached hydrogen (secondary N) is 1. The molecule has 0 aliphatic heterocycles. The summed E-state index contributed by atoms with van der Waals surface area (Å²) < 4.78 is 1.93. The molecule has 0 saturated heterocycles. The van der Waals surface area contributed by atoms with Crippen molar-refractivity contribution in [3.63, 3.8) is 0 Å². The van der Waals surface area contributed by atoms with Crippen LogP contribution in [0, 0.1) is 5.92 Å². The predicted molar refractivity (Wildman–Crippen MR) is 73.2 cm³/mol. The topological polar surface area (TPSA) is 42.7 Å². The normalized spacial score (nSPS) is 19.7. The second-order valence-electron chi connectivity index (χ2n) is 5.43. The number of rotatable bonds is 5. The molecular weight excluding hydrogens is 224 g/mol. The summed E-state index contributed by atoms with van der Waals surface area (Å²) >= 11 is 0. The lowest BCUT2D eigenvalue weighted by molar-refractivity contribution is 0.307. The van der Waals surface area contributed by atoms with Crippen molar-refractivity contribution >= 4 is 0 Å². The zero-order valence-electron chi connectivity index (χ0n) is 11.7. The summed E-state index contributed by atoms with van der Waals surface area (Å²) in [7, 11) is 2.00. The highest BCUT2D eigenvalue weighted by Gasteiger charge is 2.26. The van der Waals surface area contributed by atoms with Crippen LogP contribution in [0.25, 0.3) is 0 Å². The van der Waals surface area contributed by atoms with Crippen LogP contribution in [-0.2, 0) is 7.05 Å². The summed E-state index contributed by atoms with van der Waals surface area (Å²) in [5.74, 6) is 1.83. The molecule has 1 saturated carbocycles. The number of aromatic nitrogens is 3. The Morgan fingerprint density at radius 3 is 2.61 bits per heavy atom. The van der Waals surface area contributed by atoms with Gasteiger partial charge in [-0.05, 0) is 31.7 Å². The Balaban J connectivity index is 2.10. The van der Waals surface area contributed by atoms with E-state index in [4.69, 9.17) is 0 Å². The van der Waals surface area contributed by atoms with E-state index in [0.717, 1.165) is 18.3 Å². The van der Waals surface area contributed by atoms with Gasteiger partial charge in [0.2, 0.25) is 0 Å². The van der Waals surface area contributed by atoms with Crippen LogP contribution in [0.3, 0.4) is 0 Å². The highest BCUT2D eigenvalue weighted by Crippen LogP contribution is 2.32. The zero-order chi connectivity index (χ0) is 12.8. The van der Waals surface area contributed by atoms with Crippen molar-refractivity contribution in [2.75, 3.05) is 6.54 Å². The molecule has 1 heterocycles. The molecule has 1 aliphatic carbocycles. The minimum Gasteiger partial charge on any atom is -0.307 e. The minimum absolute atomic E-state index is 0.385. The summed E-state index contributed by atoms with van der Waals surface area (Å²) in [6.07, 6.45) is 11.0. The molecule has 0 spiro atoms. The summed E-state index contributed by atoms with van der Waals surface area (Å²) in [5.41, 5.74) is 0. The van der Waals surface area contributed by atoms with Gasteiger partial charge in [-0.3, -0.25) is 4.68 Å². The second-order valence-corrected chi connectivity index (χ2v) is 5.43. The maximum absolute atomic E-state index is 4.46. The SMILES string of the molecule is CCCNC(c1ncnn1C)C1CCCCCC1. The number of hydrogen-bond acceptors (Lipinski definition) is 3. The second kappa shape index (κ2) is 6.88. The van der Waals surface area contributed by atoms with Crippen molar-refractivity contribution in [2.45, 2.75) is 57.9 Å². The smallest absolute Gasteiger partial charge is 0.143 e. The van der Waals surface area contributed by atoms with Crippen LogP contribution < -0.4 is 5.32 Å². The van der Waals surface area contributed by atoms with Crippen molar-refractivity contribution in [3.05, 3.63) is 12.2 Å². The van der Waals surface area contributed by atoms with Crippen LogP contribution in [0.4, 0.5) is 0 Å². The molecule has 2 rings (SSSR count). The molecule has 4 heteroatoms. The van der Waals surface area contributed by atoms with E-state index < -0.39 is 0 Å². The van der Waals surface area contributed by atoms with Crippen LogP contribution in [0.1, 0.15) is 63.7 Å². The standard InChI is InChI=1S/C14H26N4/c1-3-10-15-13(14-16-11-17-18(14)2)12-8-6-4-5-7-9-12/h11-13,15H,3-10H2,1-2H3. The van der Waals surface area contributed by atoms with E-state index in [9.17, 15) is 0 Å². The van der Waals surface area contributed by atoms with Crippen molar-refractivity contribution in [1.82, 2.24) is 20.1 Å².